The molecule has 0 aromatic rings. The van der Waals surface area contributed by atoms with Gasteiger partial charge in [0.2, 0.25) is 0 Å². The molecule has 2 rings (SSSR count). The number of carbonyl (C=O) groups is 3. The van der Waals surface area contributed by atoms with E-state index >= 15 is 0 Å². The molecule has 0 radical (unpaired) electrons. The van der Waals surface area contributed by atoms with Crippen molar-refractivity contribution >= 4 is 27.8 Å². The van der Waals surface area contributed by atoms with Crippen molar-refractivity contribution in [1.82, 2.24) is 10.6 Å². The third-order valence-electron chi connectivity index (χ3n) is 3.79. The molecule has 134 valence electrons. The molecule has 0 saturated carbocycles. The molecule has 2 unspecified atom stereocenters. The van der Waals surface area contributed by atoms with Gasteiger partial charge in [-0.15, -0.1) is 0 Å². The van der Waals surface area contributed by atoms with Crippen molar-refractivity contribution in [3.05, 3.63) is 11.3 Å². The van der Waals surface area contributed by atoms with Gasteiger partial charge in [-0.1, -0.05) is 0 Å². The maximum absolute atomic E-state index is 12.0. The van der Waals surface area contributed by atoms with E-state index < -0.39 is 39.8 Å². The molecule has 2 aliphatic heterocycles. The van der Waals surface area contributed by atoms with Gasteiger partial charge in [-0.2, -0.15) is 0 Å². The monoisotopic (exact) mass is 360 g/mol. The van der Waals surface area contributed by atoms with E-state index in [1.54, 1.807) is 13.8 Å². The van der Waals surface area contributed by atoms with Crippen LogP contribution in [-0.4, -0.2) is 57.1 Å². The molecule has 2 atom stereocenters. The summed E-state index contributed by atoms with van der Waals surface area (Å²) < 4.78 is 32.9. The van der Waals surface area contributed by atoms with Gasteiger partial charge in [0.1, 0.15) is 6.61 Å². The lowest BCUT2D eigenvalue weighted by Gasteiger charge is -2.26. The van der Waals surface area contributed by atoms with Gasteiger partial charge in [0.15, 0.2) is 9.84 Å². The van der Waals surface area contributed by atoms with Gasteiger partial charge >= 0.3 is 18.0 Å². The highest BCUT2D eigenvalue weighted by Gasteiger charge is 2.35. The zero-order valence-electron chi connectivity index (χ0n) is 13.5. The van der Waals surface area contributed by atoms with E-state index in [2.05, 4.69) is 10.6 Å². The topological polar surface area (TPSA) is 128 Å². The average Bonchev–Trinajstić information content (AvgIpc) is 2.84. The van der Waals surface area contributed by atoms with Gasteiger partial charge in [0.25, 0.3) is 0 Å². The highest BCUT2D eigenvalue weighted by Crippen LogP contribution is 2.21. The standard InChI is InChI=1S/C14H20N2O7S/c1-3-22-13(18)11-8(2)15-14(19)16-10(11)6-23-12(17)9-4-5-24(20,21)7-9/h8-9H,3-7H2,1-2H3,(H2,15,16,19). The number of carbonyl (C=O) groups excluding carboxylic acids is 3. The molecule has 2 N–H and O–H groups in total. The fraction of sp³-hybridized carbons (Fsp3) is 0.643. The first-order chi connectivity index (χ1) is 11.2. The molecule has 0 bridgehead atoms. The van der Waals surface area contributed by atoms with Gasteiger partial charge < -0.3 is 20.1 Å². The van der Waals surface area contributed by atoms with Crippen LogP contribution in [0.15, 0.2) is 11.3 Å². The first kappa shape index (κ1) is 18.2. The van der Waals surface area contributed by atoms with E-state index in [1.165, 1.54) is 0 Å². The van der Waals surface area contributed by atoms with E-state index in [-0.39, 0.29) is 42.4 Å². The maximum atomic E-state index is 12.0. The Kier molecular flexibility index (Phi) is 5.47. The highest BCUT2D eigenvalue weighted by molar-refractivity contribution is 7.91. The van der Waals surface area contributed by atoms with Crippen molar-refractivity contribution in [3.63, 3.8) is 0 Å². The van der Waals surface area contributed by atoms with Crippen molar-refractivity contribution in [2.24, 2.45) is 5.92 Å². The Morgan fingerprint density at radius 1 is 1.29 bits per heavy atom. The molecule has 0 aromatic heterocycles. The molecule has 10 heteroatoms. The number of ether oxygens (including phenoxy) is 2. The lowest BCUT2D eigenvalue weighted by molar-refractivity contribution is -0.147. The van der Waals surface area contributed by atoms with Crippen LogP contribution < -0.4 is 10.6 Å². The summed E-state index contributed by atoms with van der Waals surface area (Å²) in [6, 6.07) is -1.12. The fourth-order valence-electron chi connectivity index (χ4n) is 2.64. The summed E-state index contributed by atoms with van der Waals surface area (Å²) in [5, 5.41) is 4.96. The summed E-state index contributed by atoms with van der Waals surface area (Å²) >= 11 is 0. The normalized spacial score (nSPS) is 25.7. The molecule has 2 amide bonds. The van der Waals surface area contributed by atoms with Crippen LogP contribution in [0.4, 0.5) is 4.79 Å². The SMILES string of the molecule is CCOC(=O)C1=C(COC(=O)C2CCS(=O)(=O)C2)NC(=O)NC1C. The maximum Gasteiger partial charge on any atom is 0.338 e. The van der Waals surface area contributed by atoms with Crippen LogP contribution in [0.2, 0.25) is 0 Å². The lowest BCUT2D eigenvalue weighted by atomic mass is 10.0. The minimum atomic E-state index is -3.20. The second-order valence-corrected chi connectivity index (χ2v) is 7.87. The first-order valence-electron chi connectivity index (χ1n) is 7.58. The number of esters is 2. The highest BCUT2D eigenvalue weighted by atomic mass is 32.2. The Balaban J connectivity index is 2.09. The summed E-state index contributed by atoms with van der Waals surface area (Å²) in [5.41, 5.74) is 0.308. The number of rotatable bonds is 5. The second kappa shape index (κ2) is 7.20. The summed E-state index contributed by atoms with van der Waals surface area (Å²) in [7, 11) is -3.20. The fourth-order valence-corrected chi connectivity index (χ4v) is 4.36. The van der Waals surface area contributed by atoms with Crippen molar-refractivity contribution in [2.45, 2.75) is 26.3 Å². The number of hydrogen-bond acceptors (Lipinski definition) is 7. The largest absolute Gasteiger partial charge is 0.463 e. The molecule has 2 aliphatic rings. The quantitative estimate of drug-likeness (QED) is 0.632. The van der Waals surface area contributed by atoms with Crippen LogP contribution in [0.1, 0.15) is 20.3 Å². The predicted octanol–water partition coefficient (Wildman–Crippen LogP) is -0.517. The molecule has 0 aliphatic carbocycles. The van der Waals surface area contributed by atoms with Gasteiger partial charge in [-0.05, 0) is 20.3 Å². The molecular formula is C14H20N2O7S. The average molecular weight is 360 g/mol. The Morgan fingerprint density at radius 2 is 2.00 bits per heavy atom. The number of urea groups is 1. The van der Waals surface area contributed by atoms with Crippen LogP contribution in [-0.2, 0) is 28.9 Å². The van der Waals surface area contributed by atoms with Crippen LogP contribution in [0, 0.1) is 5.92 Å². The van der Waals surface area contributed by atoms with Gasteiger partial charge in [0, 0.05) is 0 Å². The number of hydrogen-bond donors (Lipinski definition) is 2. The smallest absolute Gasteiger partial charge is 0.338 e. The number of nitrogens with one attached hydrogen (secondary N) is 2. The van der Waals surface area contributed by atoms with Gasteiger partial charge in [-0.3, -0.25) is 4.79 Å². The predicted molar refractivity (Wildman–Crippen MR) is 82.5 cm³/mol. The zero-order valence-corrected chi connectivity index (χ0v) is 14.3. The summed E-state index contributed by atoms with van der Waals surface area (Å²) in [6.07, 6.45) is 0.218. The van der Waals surface area contributed by atoms with E-state index in [9.17, 15) is 22.8 Å². The van der Waals surface area contributed by atoms with Crippen molar-refractivity contribution in [3.8, 4) is 0 Å². The molecule has 9 nitrogen and oxygen atoms in total. The van der Waals surface area contributed by atoms with Crippen LogP contribution in [0.3, 0.4) is 0 Å². The molecule has 0 spiro atoms. The summed E-state index contributed by atoms with van der Waals surface area (Å²) in [6.45, 7) is 3.09. The molecule has 1 fully saturated rings. The van der Waals surface area contributed by atoms with E-state index in [1.807, 2.05) is 0 Å². The van der Waals surface area contributed by atoms with E-state index in [0.29, 0.717) is 0 Å². The van der Waals surface area contributed by atoms with Crippen LogP contribution in [0.25, 0.3) is 0 Å². The molecule has 0 aromatic carbocycles. The zero-order chi connectivity index (χ0) is 17.9. The molecule has 2 heterocycles. The summed E-state index contributed by atoms with van der Waals surface area (Å²) in [4.78, 5) is 35.6. The minimum absolute atomic E-state index is 0.0404. The van der Waals surface area contributed by atoms with E-state index in [4.69, 9.17) is 9.47 Å². The molecule has 24 heavy (non-hydrogen) atoms. The number of sulfone groups is 1. The Labute approximate surface area is 139 Å². The third kappa shape index (κ3) is 4.25. The van der Waals surface area contributed by atoms with Crippen molar-refractivity contribution in [2.75, 3.05) is 24.7 Å². The Morgan fingerprint density at radius 3 is 2.58 bits per heavy atom. The van der Waals surface area contributed by atoms with Crippen molar-refractivity contribution in [1.29, 1.82) is 0 Å². The third-order valence-corrected chi connectivity index (χ3v) is 5.56. The van der Waals surface area contributed by atoms with Gasteiger partial charge in [0.05, 0.1) is 41.3 Å². The van der Waals surface area contributed by atoms with Crippen LogP contribution in [0.5, 0.6) is 0 Å². The van der Waals surface area contributed by atoms with Crippen molar-refractivity contribution < 1.29 is 32.3 Å². The Bertz CT molecular complexity index is 683. The lowest BCUT2D eigenvalue weighted by Crippen LogP contribution is -2.50. The summed E-state index contributed by atoms with van der Waals surface area (Å²) in [5.74, 6) is -2.27. The van der Waals surface area contributed by atoms with Crippen LogP contribution >= 0.6 is 0 Å². The first-order valence-corrected chi connectivity index (χ1v) is 9.40. The number of amides is 2. The van der Waals surface area contributed by atoms with Gasteiger partial charge in [-0.25, -0.2) is 18.0 Å². The van der Waals surface area contributed by atoms with E-state index in [0.717, 1.165) is 0 Å². The molecular weight excluding hydrogens is 340 g/mol. The molecule has 1 saturated heterocycles. The Hall–Kier alpha value is -2.10. The minimum Gasteiger partial charge on any atom is -0.463 e. The second-order valence-electron chi connectivity index (χ2n) is 5.64.